The van der Waals surface area contributed by atoms with Gasteiger partial charge in [-0.3, -0.25) is 0 Å². The molecule has 0 heterocycles. The average Bonchev–Trinajstić information content (AvgIpc) is 0. The van der Waals surface area contributed by atoms with Crippen molar-refractivity contribution in [3.63, 3.8) is 0 Å². The van der Waals surface area contributed by atoms with E-state index in [9.17, 15) is 0 Å². The summed E-state index contributed by atoms with van der Waals surface area (Å²) < 4.78 is 0. The zero-order valence-corrected chi connectivity index (χ0v) is 5.34. The first-order chi connectivity index (χ1) is 0. The van der Waals surface area contributed by atoms with Gasteiger partial charge >= 0.3 is 45.5 Å². The Hall–Kier alpha value is 3.98. The van der Waals surface area contributed by atoms with E-state index in [1.54, 1.807) is 0 Å². The SMILES string of the molecule is [AlH3].[Sc].[SiH4].[SrH2].[Zr]. The Morgan fingerprint density at radius 3 is 1.00 bits per heavy atom. The molecular formula is H9AlScSiSrZr. The Morgan fingerprint density at radius 2 is 1.00 bits per heavy atom. The van der Waals surface area contributed by atoms with Gasteiger partial charge in [-0.25, -0.2) is 0 Å². The van der Waals surface area contributed by atoms with Crippen molar-refractivity contribution >= 4 is 73.8 Å². The van der Waals surface area contributed by atoms with E-state index in [2.05, 4.69) is 0 Å². The molecule has 0 bridgehead atoms. The topological polar surface area (TPSA) is 0 Å². The molecule has 0 fully saturated rings. The summed E-state index contributed by atoms with van der Waals surface area (Å²) in [4.78, 5) is 0. The molecule has 0 aliphatic carbocycles. The van der Waals surface area contributed by atoms with Crippen molar-refractivity contribution in [1.82, 2.24) is 0 Å². The largest absolute Gasteiger partial charge is 0 e. The van der Waals surface area contributed by atoms with Crippen LogP contribution in [0.15, 0.2) is 0 Å². The van der Waals surface area contributed by atoms with Crippen LogP contribution in [0.4, 0.5) is 0 Å². The van der Waals surface area contributed by atoms with Crippen LogP contribution in [0.25, 0.3) is 0 Å². The summed E-state index contributed by atoms with van der Waals surface area (Å²) in [5.41, 5.74) is 0. The fourth-order valence-electron chi connectivity index (χ4n) is 0. The van der Waals surface area contributed by atoms with E-state index in [1.807, 2.05) is 0 Å². The number of hydrogen-bond donors (Lipinski definition) is 0. The Kier molecular flexibility index (Phi) is 177. The second-order valence-corrected chi connectivity index (χ2v) is 0. The van der Waals surface area contributed by atoms with Crippen LogP contribution in [-0.2, 0) is 52.0 Å². The van der Waals surface area contributed by atoms with Crippen LogP contribution in [0.2, 0.25) is 0 Å². The van der Waals surface area contributed by atoms with E-state index in [1.165, 1.54) is 0 Å². The summed E-state index contributed by atoms with van der Waals surface area (Å²) in [6, 6.07) is 0. The van der Waals surface area contributed by atoms with Crippen LogP contribution in [0.1, 0.15) is 0 Å². The molecule has 5 heavy (non-hydrogen) atoms. The van der Waals surface area contributed by atoms with Crippen LogP contribution in [-0.4, -0.2) is 73.8 Å². The fourth-order valence-corrected chi connectivity index (χ4v) is 0. The maximum atomic E-state index is 0. The van der Waals surface area contributed by atoms with Crippen LogP contribution in [0.5, 0.6) is 0 Å². The van der Waals surface area contributed by atoms with Crippen molar-refractivity contribution in [2.75, 3.05) is 0 Å². The summed E-state index contributed by atoms with van der Waals surface area (Å²) in [5.74, 6) is 0. The Bertz CT molecular complexity index is 11.6. The molecule has 0 aromatic heterocycles. The summed E-state index contributed by atoms with van der Waals surface area (Å²) in [7, 11) is 0. The van der Waals surface area contributed by atoms with E-state index >= 15 is 0 Å². The first-order valence-electron chi connectivity index (χ1n) is 0. The van der Waals surface area contributed by atoms with Crippen LogP contribution in [0, 0.1) is 0 Å². The molecule has 1 radical (unpaired) electrons. The molecule has 0 nitrogen and oxygen atoms in total. The fraction of sp³-hybridized carbons (Fsp3) is 0. The molecule has 0 saturated carbocycles. The monoisotopic (exact) mass is 287 g/mol. The smallest absolute Gasteiger partial charge is 0 e. The van der Waals surface area contributed by atoms with Gasteiger partial charge in [-0.05, 0) is 11.0 Å². The van der Waals surface area contributed by atoms with Gasteiger partial charge in [-0.1, -0.05) is 0 Å². The normalized spacial score (nSPS) is 0. The molecule has 5 heteroatoms. The van der Waals surface area contributed by atoms with Gasteiger partial charge in [-0.15, -0.1) is 0 Å². The van der Waals surface area contributed by atoms with Crippen molar-refractivity contribution < 1.29 is 52.0 Å². The molecule has 0 rings (SSSR count). The quantitative estimate of drug-likeness (QED) is 0.405. The molecule has 0 spiro atoms. The summed E-state index contributed by atoms with van der Waals surface area (Å²) >= 11 is 0. The van der Waals surface area contributed by atoms with Crippen molar-refractivity contribution in [2.45, 2.75) is 0 Å². The van der Waals surface area contributed by atoms with E-state index < -0.39 is 0 Å². The van der Waals surface area contributed by atoms with Crippen molar-refractivity contribution in [1.29, 1.82) is 0 Å². The minimum absolute atomic E-state index is 0. The summed E-state index contributed by atoms with van der Waals surface area (Å²) in [6.45, 7) is 0. The minimum Gasteiger partial charge on any atom is 0 e. The molecule has 0 aliphatic heterocycles. The number of hydrogen-bond acceptors (Lipinski definition) is 0. The molecule has 0 N–H and O–H groups in total. The third-order valence-corrected chi connectivity index (χ3v) is 0. The zero-order chi connectivity index (χ0) is 0. The van der Waals surface area contributed by atoms with Gasteiger partial charge in [0.05, 0.1) is 0 Å². The third kappa shape index (κ3) is 18.0. The van der Waals surface area contributed by atoms with Crippen LogP contribution in [0.3, 0.4) is 0 Å². The van der Waals surface area contributed by atoms with Crippen LogP contribution >= 0.6 is 0 Å². The number of rotatable bonds is 0. The zero-order valence-electron chi connectivity index (χ0n) is 1.08. The minimum atomic E-state index is 0. The maximum absolute atomic E-state index is 0. The van der Waals surface area contributed by atoms with Gasteiger partial charge in [0.15, 0.2) is 17.4 Å². The van der Waals surface area contributed by atoms with E-state index in [-0.39, 0.29) is 126 Å². The standard InChI is InChI=1S/Al.Sc.H4Si.Sr.Zr.5H/h;;1H4;;;;;;;. The van der Waals surface area contributed by atoms with Gasteiger partial charge in [-0.2, -0.15) is 0 Å². The molecule has 0 amide bonds. The van der Waals surface area contributed by atoms with Crippen molar-refractivity contribution in [2.24, 2.45) is 0 Å². The maximum Gasteiger partial charge on any atom is 0 e. The molecule has 0 atom stereocenters. The first-order valence-corrected chi connectivity index (χ1v) is 0. The average molecular weight is 288 g/mol. The Labute approximate surface area is 123 Å². The third-order valence-electron chi connectivity index (χ3n) is 0. The predicted octanol–water partition coefficient (Wildman–Crippen LogP) is -3.56. The molecular weight excluding hydrogens is 279 g/mol. The second kappa shape index (κ2) is 24.5. The molecule has 0 aromatic carbocycles. The van der Waals surface area contributed by atoms with Gasteiger partial charge in [0.1, 0.15) is 0 Å². The Balaban J connectivity index is 0. The van der Waals surface area contributed by atoms with Crippen molar-refractivity contribution in [3.05, 3.63) is 0 Å². The molecule has 25 valence electrons. The molecule has 0 saturated heterocycles. The van der Waals surface area contributed by atoms with E-state index in [4.69, 9.17) is 0 Å². The summed E-state index contributed by atoms with van der Waals surface area (Å²) in [6.07, 6.45) is 0. The summed E-state index contributed by atoms with van der Waals surface area (Å²) in [5, 5.41) is 0. The second-order valence-electron chi connectivity index (χ2n) is 0. The van der Waals surface area contributed by atoms with Crippen LogP contribution < -0.4 is 0 Å². The van der Waals surface area contributed by atoms with Gasteiger partial charge in [0.2, 0.25) is 0 Å². The van der Waals surface area contributed by atoms with Crippen molar-refractivity contribution in [3.8, 4) is 0 Å². The van der Waals surface area contributed by atoms with E-state index in [0.29, 0.717) is 0 Å². The van der Waals surface area contributed by atoms with Gasteiger partial charge < -0.3 is 0 Å². The molecule has 0 aliphatic rings. The van der Waals surface area contributed by atoms with Gasteiger partial charge in [0.25, 0.3) is 0 Å². The molecule has 0 unspecified atom stereocenters. The first kappa shape index (κ1) is 36.1. The van der Waals surface area contributed by atoms with E-state index in [0.717, 1.165) is 0 Å². The predicted molar refractivity (Wildman–Crippen MR) is 29.8 cm³/mol. The van der Waals surface area contributed by atoms with Gasteiger partial charge in [0, 0.05) is 52.0 Å². The molecule has 0 aromatic rings. The Morgan fingerprint density at radius 1 is 1.00 bits per heavy atom.